The van der Waals surface area contributed by atoms with E-state index in [1.54, 1.807) is 7.05 Å². The summed E-state index contributed by atoms with van der Waals surface area (Å²) in [5, 5.41) is 11.8. The van der Waals surface area contributed by atoms with Crippen LogP contribution in [-0.2, 0) is 9.84 Å². The van der Waals surface area contributed by atoms with Crippen LogP contribution in [0.3, 0.4) is 0 Å². The van der Waals surface area contributed by atoms with E-state index < -0.39 is 9.84 Å². The third-order valence-electron chi connectivity index (χ3n) is 2.76. The smallest absolute Gasteiger partial charge is 0.224 e. The van der Waals surface area contributed by atoms with Crippen molar-refractivity contribution in [2.45, 2.75) is 0 Å². The first-order chi connectivity index (χ1) is 8.55. The molecule has 1 fully saturated rings. The molecule has 0 aliphatic carbocycles. The van der Waals surface area contributed by atoms with Crippen molar-refractivity contribution in [2.24, 2.45) is 0 Å². The first-order valence-electron chi connectivity index (χ1n) is 5.46. The van der Waals surface area contributed by atoms with Crippen molar-refractivity contribution in [1.29, 1.82) is 5.26 Å². The first-order valence-corrected chi connectivity index (χ1v) is 7.28. The molecule has 1 aromatic rings. The van der Waals surface area contributed by atoms with Crippen molar-refractivity contribution in [2.75, 3.05) is 41.9 Å². The molecule has 0 unspecified atom stereocenters. The van der Waals surface area contributed by atoms with Crippen molar-refractivity contribution < 1.29 is 8.42 Å². The molecule has 96 valence electrons. The van der Waals surface area contributed by atoms with Gasteiger partial charge in [-0.25, -0.2) is 13.4 Å². The Morgan fingerprint density at radius 2 is 2.11 bits per heavy atom. The number of nitriles is 1. The minimum absolute atomic E-state index is 0.0940. The van der Waals surface area contributed by atoms with Gasteiger partial charge in [-0.3, -0.25) is 0 Å². The van der Waals surface area contributed by atoms with E-state index in [0.717, 1.165) is 0 Å². The quantitative estimate of drug-likeness (QED) is 0.780. The number of nitrogens with one attached hydrogen (secondary N) is 1. The van der Waals surface area contributed by atoms with E-state index in [-0.39, 0.29) is 11.5 Å². The van der Waals surface area contributed by atoms with Gasteiger partial charge in [0.15, 0.2) is 15.7 Å². The van der Waals surface area contributed by atoms with Crippen LogP contribution in [0.15, 0.2) is 6.20 Å². The lowest BCUT2D eigenvalue weighted by molar-refractivity contribution is 0.586. The molecule has 1 saturated heterocycles. The summed E-state index contributed by atoms with van der Waals surface area (Å²) in [4.78, 5) is 9.99. The van der Waals surface area contributed by atoms with E-state index in [9.17, 15) is 8.42 Å². The van der Waals surface area contributed by atoms with E-state index >= 15 is 0 Å². The summed E-state index contributed by atoms with van der Waals surface area (Å²) in [6, 6.07) is 2.02. The summed E-state index contributed by atoms with van der Waals surface area (Å²) < 4.78 is 22.7. The highest BCUT2D eigenvalue weighted by Gasteiger charge is 2.24. The van der Waals surface area contributed by atoms with Gasteiger partial charge in [-0.05, 0) is 0 Å². The monoisotopic (exact) mass is 267 g/mol. The lowest BCUT2D eigenvalue weighted by Crippen LogP contribution is -2.41. The highest BCUT2D eigenvalue weighted by atomic mass is 32.2. The van der Waals surface area contributed by atoms with Crippen LogP contribution in [-0.4, -0.2) is 50.0 Å². The molecule has 7 nitrogen and oxygen atoms in total. The number of hydrogen-bond donors (Lipinski definition) is 1. The summed E-state index contributed by atoms with van der Waals surface area (Å²) in [7, 11) is -1.26. The fraction of sp³-hybridized carbons (Fsp3) is 0.500. The molecule has 0 radical (unpaired) electrons. The largest absolute Gasteiger partial charge is 0.357 e. The second-order valence-electron chi connectivity index (χ2n) is 3.93. The molecule has 1 aliphatic rings. The highest BCUT2D eigenvalue weighted by Crippen LogP contribution is 2.20. The Morgan fingerprint density at radius 3 is 2.67 bits per heavy atom. The number of rotatable bonds is 2. The molecular weight excluding hydrogens is 254 g/mol. The Balaban J connectivity index is 2.30. The molecule has 2 heterocycles. The van der Waals surface area contributed by atoms with Crippen LogP contribution in [0.25, 0.3) is 0 Å². The molecule has 0 spiro atoms. The van der Waals surface area contributed by atoms with Crippen molar-refractivity contribution in [1.82, 2.24) is 9.97 Å². The van der Waals surface area contributed by atoms with Gasteiger partial charge in [0.05, 0.1) is 17.7 Å². The summed E-state index contributed by atoms with van der Waals surface area (Å²) >= 11 is 0. The molecular formula is C10H13N5O2S. The molecule has 0 amide bonds. The van der Waals surface area contributed by atoms with E-state index in [0.29, 0.717) is 30.4 Å². The predicted octanol–water partition coefficient (Wildman–Crippen LogP) is -0.375. The van der Waals surface area contributed by atoms with Crippen molar-refractivity contribution in [3.05, 3.63) is 11.8 Å². The summed E-state index contributed by atoms with van der Waals surface area (Å²) in [5.74, 6) is 1.09. The average molecular weight is 267 g/mol. The van der Waals surface area contributed by atoms with Crippen LogP contribution < -0.4 is 10.2 Å². The van der Waals surface area contributed by atoms with Crippen molar-refractivity contribution in [3.63, 3.8) is 0 Å². The fourth-order valence-electron chi connectivity index (χ4n) is 1.74. The molecule has 1 N–H and O–H groups in total. The average Bonchev–Trinajstić information content (AvgIpc) is 2.38. The molecule has 8 heteroatoms. The SMILES string of the molecule is CNc1ncc(C#N)c(N2CCS(=O)(=O)CC2)n1. The Hall–Kier alpha value is -1.88. The lowest BCUT2D eigenvalue weighted by atomic mass is 10.3. The van der Waals surface area contributed by atoms with Gasteiger partial charge in [0.1, 0.15) is 11.6 Å². The number of aromatic nitrogens is 2. The van der Waals surface area contributed by atoms with Crippen LogP contribution >= 0.6 is 0 Å². The third-order valence-corrected chi connectivity index (χ3v) is 4.37. The number of hydrogen-bond acceptors (Lipinski definition) is 7. The minimum Gasteiger partial charge on any atom is -0.357 e. The standard InChI is InChI=1S/C10H13N5O2S/c1-12-10-13-7-8(6-11)9(14-10)15-2-4-18(16,17)5-3-15/h7H,2-5H2,1H3,(H,12,13,14). The normalized spacial score (nSPS) is 18.1. The maximum Gasteiger partial charge on any atom is 0.224 e. The second-order valence-corrected chi connectivity index (χ2v) is 6.24. The maximum atomic E-state index is 11.4. The Labute approximate surface area is 105 Å². The van der Waals surface area contributed by atoms with Crippen LogP contribution in [0.2, 0.25) is 0 Å². The number of anilines is 2. The van der Waals surface area contributed by atoms with E-state index in [1.165, 1.54) is 6.20 Å². The van der Waals surface area contributed by atoms with Gasteiger partial charge in [-0.2, -0.15) is 10.2 Å². The van der Waals surface area contributed by atoms with Gasteiger partial charge in [0.2, 0.25) is 5.95 Å². The highest BCUT2D eigenvalue weighted by molar-refractivity contribution is 7.91. The summed E-state index contributed by atoms with van der Waals surface area (Å²) in [6.07, 6.45) is 1.44. The molecule has 1 aromatic heterocycles. The van der Waals surface area contributed by atoms with Crippen LogP contribution in [0.1, 0.15) is 5.56 Å². The Bertz CT molecular complexity index is 579. The van der Waals surface area contributed by atoms with Crippen molar-refractivity contribution >= 4 is 21.6 Å². The van der Waals surface area contributed by atoms with Gasteiger partial charge in [-0.15, -0.1) is 0 Å². The molecule has 0 bridgehead atoms. The molecule has 0 aromatic carbocycles. The van der Waals surface area contributed by atoms with Gasteiger partial charge < -0.3 is 10.2 Å². The van der Waals surface area contributed by atoms with E-state index in [1.807, 2.05) is 11.0 Å². The second kappa shape index (κ2) is 4.78. The first kappa shape index (κ1) is 12.6. The topological polar surface area (TPSA) is 99.0 Å². The van der Waals surface area contributed by atoms with Crippen LogP contribution in [0, 0.1) is 11.3 Å². The fourth-order valence-corrected chi connectivity index (χ4v) is 2.94. The Kier molecular flexibility index (Phi) is 3.34. The number of nitrogens with zero attached hydrogens (tertiary/aromatic N) is 4. The molecule has 0 saturated carbocycles. The molecule has 2 rings (SSSR count). The number of sulfone groups is 1. The van der Waals surface area contributed by atoms with Crippen molar-refractivity contribution in [3.8, 4) is 6.07 Å². The van der Waals surface area contributed by atoms with Gasteiger partial charge >= 0.3 is 0 Å². The third kappa shape index (κ3) is 2.51. The van der Waals surface area contributed by atoms with E-state index in [4.69, 9.17) is 5.26 Å². The molecule has 1 aliphatic heterocycles. The van der Waals surface area contributed by atoms with Gasteiger partial charge in [-0.1, -0.05) is 0 Å². The zero-order chi connectivity index (χ0) is 13.2. The van der Waals surface area contributed by atoms with E-state index in [2.05, 4.69) is 15.3 Å². The molecule has 0 atom stereocenters. The summed E-state index contributed by atoms with van der Waals surface area (Å²) in [6.45, 7) is 0.717. The zero-order valence-electron chi connectivity index (χ0n) is 9.92. The zero-order valence-corrected chi connectivity index (χ0v) is 10.7. The van der Waals surface area contributed by atoms with Crippen LogP contribution in [0.5, 0.6) is 0 Å². The lowest BCUT2D eigenvalue weighted by Gasteiger charge is -2.28. The Morgan fingerprint density at radius 1 is 1.44 bits per heavy atom. The summed E-state index contributed by atoms with van der Waals surface area (Å²) in [5.41, 5.74) is 0.355. The van der Waals surface area contributed by atoms with Gasteiger partial charge in [0, 0.05) is 20.1 Å². The minimum atomic E-state index is -2.94. The maximum absolute atomic E-state index is 11.4. The predicted molar refractivity (Wildman–Crippen MR) is 67.2 cm³/mol. The molecule has 18 heavy (non-hydrogen) atoms. The van der Waals surface area contributed by atoms with Gasteiger partial charge in [0.25, 0.3) is 0 Å². The van der Waals surface area contributed by atoms with Crippen LogP contribution in [0.4, 0.5) is 11.8 Å².